The zero-order valence-electron chi connectivity index (χ0n) is 41.8. The SMILES string of the molecule is CC(C)(C)c1cccc(-[n+]2[c-]n(-c3[c-]c(Oc4[c-]c5c(c(C(C)(C)c6ccccc6)c4)c4ccccc4n5-c4cc(C(C)(C)C)ccn4)cc(-c4ccccc4)c3)c(C(C)(C)c3ccccc3)c2)c1.[Pt]. The number of hydrogen-bond acceptors (Lipinski definition) is 2. The Bertz CT molecular complexity index is 3480. The van der Waals surface area contributed by atoms with Crippen molar-refractivity contribution in [2.75, 3.05) is 0 Å². The van der Waals surface area contributed by atoms with E-state index in [1.165, 1.54) is 22.3 Å². The maximum atomic E-state index is 7.22. The number of nitrogens with zero attached hydrogens (tertiary/aromatic N) is 4. The molecular formula is C64H60N4OPt-2. The molecule has 0 saturated heterocycles. The van der Waals surface area contributed by atoms with Crippen molar-refractivity contribution >= 4 is 21.8 Å². The normalized spacial score (nSPS) is 12.3. The zero-order valence-corrected chi connectivity index (χ0v) is 44.1. The van der Waals surface area contributed by atoms with E-state index in [1.54, 1.807) is 0 Å². The number of aromatic nitrogens is 4. The number of pyridine rings is 1. The van der Waals surface area contributed by atoms with Gasteiger partial charge in [0.1, 0.15) is 5.82 Å². The Labute approximate surface area is 428 Å². The summed E-state index contributed by atoms with van der Waals surface area (Å²) in [5.41, 5.74) is 11.9. The van der Waals surface area contributed by atoms with Crippen LogP contribution in [0, 0.1) is 18.5 Å². The molecule has 0 radical (unpaired) electrons. The van der Waals surface area contributed by atoms with Crippen molar-refractivity contribution in [2.24, 2.45) is 0 Å². The number of hydrogen-bond donors (Lipinski definition) is 0. The second kappa shape index (κ2) is 18.5. The first-order valence-corrected chi connectivity index (χ1v) is 24.0. The van der Waals surface area contributed by atoms with Crippen molar-refractivity contribution in [3.63, 3.8) is 0 Å². The Kier molecular flexibility index (Phi) is 12.7. The molecule has 0 bridgehead atoms. The molecule has 0 unspecified atom stereocenters. The molecule has 0 saturated carbocycles. The second-order valence-electron chi connectivity index (χ2n) is 21.5. The van der Waals surface area contributed by atoms with Gasteiger partial charge in [0.15, 0.2) is 0 Å². The molecule has 3 aromatic heterocycles. The van der Waals surface area contributed by atoms with Crippen molar-refractivity contribution in [1.29, 1.82) is 0 Å². The molecule has 70 heavy (non-hydrogen) atoms. The van der Waals surface area contributed by atoms with Crippen LogP contribution >= 0.6 is 0 Å². The molecule has 0 aliphatic heterocycles. The van der Waals surface area contributed by atoms with E-state index in [4.69, 9.17) is 9.72 Å². The van der Waals surface area contributed by atoms with Crippen LogP contribution in [0.15, 0.2) is 182 Å². The van der Waals surface area contributed by atoms with Crippen LogP contribution < -0.4 is 9.30 Å². The summed E-state index contributed by atoms with van der Waals surface area (Å²) in [7, 11) is 0. The van der Waals surface area contributed by atoms with E-state index in [0.29, 0.717) is 11.5 Å². The van der Waals surface area contributed by atoms with Gasteiger partial charge in [-0.2, -0.15) is 6.07 Å². The predicted octanol–water partition coefficient (Wildman–Crippen LogP) is 15.4. The monoisotopic (exact) mass is 1100 g/mol. The van der Waals surface area contributed by atoms with Gasteiger partial charge in [0.05, 0.1) is 11.4 Å². The number of para-hydroxylation sites is 1. The molecule has 3 heterocycles. The van der Waals surface area contributed by atoms with Crippen LogP contribution in [0.4, 0.5) is 0 Å². The number of benzene rings is 7. The fourth-order valence-electron chi connectivity index (χ4n) is 9.66. The summed E-state index contributed by atoms with van der Waals surface area (Å²) in [5.74, 6) is 1.98. The maximum absolute atomic E-state index is 7.22. The molecule has 0 amide bonds. The van der Waals surface area contributed by atoms with Crippen molar-refractivity contribution < 1.29 is 30.4 Å². The summed E-state index contributed by atoms with van der Waals surface area (Å²) in [6, 6.07) is 67.8. The minimum Gasteiger partial charge on any atom is -0.510 e. The summed E-state index contributed by atoms with van der Waals surface area (Å²) in [6.45, 7) is 22.6. The number of ether oxygens (including phenoxy) is 1. The van der Waals surface area contributed by atoms with Gasteiger partial charge in [-0.3, -0.25) is 4.57 Å². The summed E-state index contributed by atoms with van der Waals surface area (Å²) in [4.78, 5) is 5.03. The van der Waals surface area contributed by atoms with Crippen molar-refractivity contribution in [3.05, 3.63) is 234 Å². The Hall–Kier alpha value is -6.81. The smallest absolute Gasteiger partial charge is 0.267 e. The van der Waals surface area contributed by atoms with Crippen LogP contribution in [0.3, 0.4) is 0 Å². The Balaban J connectivity index is 0.00000608. The fraction of sp³-hybridized carbons (Fsp3) is 0.219. The van der Waals surface area contributed by atoms with Gasteiger partial charge in [0.25, 0.3) is 6.33 Å². The summed E-state index contributed by atoms with van der Waals surface area (Å²) in [5, 5.41) is 2.25. The van der Waals surface area contributed by atoms with Crippen molar-refractivity contribution in [3.8, 4) is 39.8 Å². The molecule has 7 aromatic carbocycles. The molecule has 0 atom stereocenters. The van der Waals surface area contributed by atoms with Crippen LogP contribution in [0.1, 0.15) is 103 Å². The first-order valence-electron chi connectivity index (χ1n) is 24.0. The standard InChI is InChI=1S/C64H60N4O.Pt/c1-61(2,3)48-29-22-30-50(37-48)66-42-58(64(9,10)47-27-18-13-19-28-47)67(43-66)51-35-45(44-23-14-11-15-24-44)36-52(39-51)69-53-40-55(63(7,8)46-25-16-12-17-26-46)60-54-31-20-21-32-56(54)68(57(60)41-53)59-38-49(33-34-65-59)62(4,5)6;/h11-38,40,42H,1-10H3;/q-2;. The molecule has 0 aliphatic rings. The van der Waals surface area contributed by atoms with E-state index in [9.17, 15) is 0 Å². The van der Waals surface area contributed by atoms with E-state index >= 15 is 0 Å². The molecule has 10 aromatic rings. The first-order chi connectivity index (χ1) is 33.0. The topological polar surface area (TPSA) is 35.9 Å². The number of imidazole rings is 1. The molecule has 354 valence electrons. The molecule has 0 fully saturated rings. The van der Waals surface area contributed by atoms with Gasteiger partial charge in [0, 0.05) is 55.9 Å². The maximum Gasteiger partial charge on any atom is 0.267 e. The van der Waals surface area contributed by atoms with Crippen molar-refractivity contribution in [1.82, 2.24) is 14.1 Å². The van der Waals surface area contributed by atoms with Gasteiger partial charge >= 0.3 is 0 Å². The first kappa shape index (κ1) is 48.2. The van der Waals surface area contributed by atoms with Crippen molar-refractivity contribution in [2.45, 2.75) is 90.9 Å². The third-order valence-electron chi connectivity index (χ3n) is 13.9. The van der Waals surface area contributed by atoms with Crippen LogP contribution in [0.5, 0.6) is 11.5 Å². The van der Waals surface area contributed by atoms with Crippen LogP contribution in [0.2, 0.25) is 0 Å². The van der Waals surface area contributed by atoms with E-state index in [1.807, 2.05) is 6.20 Å². The summed E-state index contributed by atoms with van der Waals surface area (Å²) >= 11 is 0. The minimum absolute atomic E-state index is 0. The molecule has 0 spiro atoms. The third-order valence-corrected chi connectivity index (χ3v) is 13.9. The van der Waals surface area contributed by atoms with Crippen LogP contribution in [-0.2, 0) is 42.7 Å². The van der Waals surface area contributed by atoms with Gasteiger partial charge in [-0.1, -0.05) is 201 Å². The van der Waals surface area contributed by atoms with Crippen LogP contribution in [0.25, 0.3) is 50.1 Å². The molecule has 5 nitrogen and oxygen atoms in total. The van der Waals surface area contributed by atoms with Crippen LogP contribution in [-0.4, -0.2) is 14.1 Å². The molecule has 0 aliphatic carbocycles. The molecule has 10 rings (SSSR count). The molecule has 6 heteroatoms. The Morgan fingerprint density at radius 2 is 1.11 bits per heavy atom. The summed E-state index contributed by atoms with van der Waals surface area (Å²) < 4.78 is 13.8. The van der Waals surface area contributed by atoms with Gasteiger partial charge in [-0.05, 0) is 85.5 Å². The van der Waals surface area contributed by atoms with Gasteiger partial charge < -0.3 is 13.9 Å². The number of fused-ring (bicyclic) bond motifs is 3. The number of rotatable bonds is 10. The quantitative estimate of drug-likeness (QED) is 0.101. The fourth-order valence-corrected chi connectivity index (χ4v) is 9.66. The van der Waals surface area contributed by atoms with E-state index in [2.05, 4.69) is 277 Å². The second-order valence-corrected chi connectivity index (χ2v) is 21.5. The molecule has 0 N–H and O–H groups in total. The Morgan fingerprint density at radius 3 is 1.79 bits per heavy atom. The summed E-state index contributed by atoms with van der Waals surface area (Å²) in [6.07, 6.45) is 7.94. The van der Waals surface area contributed by atoms with Gasteiger partial charge in [-0.15, -0.1) is 35.4 Å². The van der Waals surface area contributed by atoms with E-state index in [-0.39, 0.29) is 31.9 Å². The molecular weight excluding hydrogens is 1040 g/mol. The predicted molar refractivity (Wildman–Crippen MR) is 282 cm³/mol. The zero-order chi connectivity index (χ0) is 48.3. The average molecular weight is 1100 g/mol. The van der Waals surface area contributed by atoms with Gasteiger partial charge in [-0.25, -0.2) is 4.98 Å². The van der Waals surface area contributed by atoms with E-state index in [0.717, 1.165) is 61.4 Å². The average Bonchev–Trinajstić information content (AvgIpc) is 3.95. The Morgan fingerprint density at radius 1 is 0.529 bits per heavy atom. The van der Waals surface area contributed by atoms with Gasteiger partial charge in [0.2, 0.25) is 0 Å². The minimum atomic E-state index is -0.431. The van der Waals surface area contributed by atoms with E-state index < -0.39 is 10.8 Å². The largest absolute Gasteiger partial charge is 0.510 e. The third kappa shape index (κ3) is 9.09.